The zero-order valence-corrected chi connectivity index (χ0v) is 11.1. The maximum atomic E-state index is 3.62. The minimum Gasteiger partial charge on any atom is -1.00 e. The van der Waals surface area contributed by atoms with E-state index in [0.29, 0.717) is 4.83 Å². The topological polar surface area (TPSA) is 0 Å². The molecule has 0 rings (SSSR count). The third kappa shape index (κ3) is 10.9. The summed E-state index contributed by atoms with van der Waals surface area (Å²) in [7, 11) is 6.69. The minimum absolute atomic E-state index is 0. The van der Waals surface area contributed by atoms with E-state index in [1.165, 1.54) is 19.4 Å². The van der Waals surface area contributed by atoms with Gasteiger partial charge in [0.25, 0.3) is 0 Å². The van der Waals surface area contributed by atoms with Crippen molar-refractivity contribution in [3.63, 3.8) is 0 Å². The lowest BCUT2D eigenvalue weighted by molar-refractivity contribution is -0.870. The molecule has 0 N–H and O–H groups in total. The van der Waals surface area contributed by atoms with Gasteiger partial charge in [-0.3, -0.25) is 0 Å². The monoisotopic (exact) mass is 287 g/mol. The van der Waals surface area contributed by atoms with Crippen molar-refractivity contribution in [3.05, 3.63) is 0 Å². The molecule has 0 saturated heterocycles. The molecule has 0 aliphatic rings. The first kappa shape index (κ1) is 14.4. The quantitative estimate of drug-likeness (QED) is 0.472. The van der Waals surface area contributed by atoms with Crippen LogP contribution in [0.4, 0.5) is 0 Å². The highest BCUT2D eigenvalue weighted by molar-refractivity contribution is 9.09. The molecule has 0 aromatic rings. The van der Waals surface area contributed by atoms with Crippen molar-refractivity contribution in [3.8, 4) is 0 Å². The van der Waals surface area contributed by atoms with E-state index in [1.54, 1.807) is 0 Å². The lowest BCUT2D eigenvalue weighted by Gasteiger charge is -2.24. The van der Waals surface area contributed by atoms with Crippen LogP contribution in [0.2, 0.25) is 0 Å². The third-order valence-corrected chi connectivity index (χ3v) is 2.66. The van der Waals surface area contributed by atoms with E-state index in [2.05, 4.69) is 44.0 Å². The van der Waals surface area contributed by atoms with Crippen LogP contribution in [0.15, 0.2) is 0 Å². The number of rotatable bonds is 4. The molecular weight excluding hydrogens is 270 g/mol. The third-order valence-electron chi connectivity index (χ3n) is 1.56. The highest BCUT2D eigenvalue weighted by atomic mass is 79.9. The predicted molar refractivity (Wildman–Crippen MR) is 50.5 cm³/mol. The Morgan fingerprint density at radius 3 is 2.00 bits per heavy atom. The molecule has 1 atom stereocenters. The molecule has 0 aromatic carbocycles. The molecule has 70 valence electrons. The number of alkyl halides is 1. The van der Waals surface area contributed by atoms with E-state index in [0.717, 1.165) is 4.48 Å². The second-order valence-electron chi connectivity index (χ2n) is 3.81. The number of halogens is 2. The van der Waals surface area contributed by atoms with E-state index in [-0.39, 0.29) is 17.0 Å². The Morgan fingerprint density at radius 1 is 1.27 bits per heavy atom. The van der Waals surface area contributed by atoms with Gasteiger partial charge in [-0.1, -0.05) is 22.9 Å². The summed E-state index contributed by atoms with van der Waals surface area (Å²) in [5.74, 6) is 0. The maximum Gasteiger partial charge on any atom is 0.0791 e. The Labute approximate surface area is 89.6 Å². The summed E-state index contributed by atoms with van der Waals surface area (Å²) in [6.07, 6.45) is 2.51. The molecule has 0 radical (unpaired) electrons. The average Bonchev–Trinajstić information content (AvgIpc) is 1.81. The Hall–Kier alpha value is 0.920. The molecule has 0 fully saturated rings. The van der Waals surface area contributed by atoms with Crippen molar-refractivity contribution >= 4 is 15.9 Å². The molecule has 0 aliphatic carbocycles. The molecule has 1 nitrogen and oxygen atoms in total. The van der Waals surface area contributed by atoms with Crippen LogP contribution < -0.4 is 17.0 Å². The van der Waals surface area contributed by atoms with Gasteiger partial charge in [0.1, 0.15) is 0 Å². The molecule has 1 unspecified atom stereocenters. The van der Waals surface area contributed by atoms with Gasteiger partial charge in [0.05, 0.1) is 27.7 Å². The van der Waals surface area contributed by atoms with Crippen LogP contribution in [0, 0.1) is 0 Å². The number of nitrogens with zero attached hydrogens (tertiary/aromatic N) is 1. The van der Waals surface area contributed by atoms with Gasteiger partial charge < -0.3 is 21.5 Å². The van der Waals surface area contributed by atoms with Crippen molar-refractivity contribution in [1.29, 1.82) is 0 Å². The zero-order valence-electron chi connectivity index (χ0n) is 7.90. The summed E-state index contributed by atoms with van der Waals surface area (Å²) in [5.41, 5.74) is 0. The fourth-order valence-electron chi connectivity index (χ4n) is 0.732. The second kappa shape index (κ2) is 6.44. The molecule has 0 heterocycles. The minimum atomic E-state index is 0. The van der Waals surface area contributed by atoms with Gasteiger partial charge in [-0.05, 0) is 6.42 Å². The summed E-state index contributed by atoms with van der Waals surface area (Å²) < 4.78 is 1.07. The first-order valence-corrected chi connectivity index (χ1v) is 4.82. The second-order valence-corrected chi connectivity index (χ2v) is 5.10. The summed E-state index contributed by atoms with van der Waals surface area (Å²) in [6, 6.07) is 0. The highest BCUT2D eigenvalue weighted by Gasteiger charge is 2.09. The van der Waals surface area contributed by atoms with Crippen molar-refractivity contribution in [1.82, 2.24) is 0 Å². The molecule has 0 bridgehead atoms. The Kier molecular flexibility index (Phi) is 8.45. The van der Waals surface area contributed by atoms with Gasteiger partial charge >= 0.3 is 0 Å². The largest absolute Gasteiger partial charge is 1.00 e. The van der Waals surface area contributed by atoms with Gasteiger partial charge in [-0.2, -0.15) is 0 Å². The molecule has 0 aliphatic heterocycles. The predicted octanol–water partition coefficient (Wildman–Crippen LogP) is -0.740. The van der Waals surface area contributed by atoms with E-state index in [1.807, 2.05) is 0 Å². The first-order valence-electron chi connectivity index (χ1n) is 3.90. The molecule has 0 aromatic heterocycles. The fraction of sp³-hybridized carbons (Fsp3) is 1.00. The summed E-state index contributed by atoms with van der Waals surface area (Å²) in [4.78, 5) is 0.713. The number of hydrogen-bond donors (Lipinski definition) is 0. The molecule has 3 heteroatoms. The summed E-state index contributed by atoms with van der Waals surface area (Å²) >= 11 is 3.62. The summed E-state index contributed by atoms with van der Waals surface area (Å²) in [5, 5.41) is 0. The smallest absolute Gasteiger partial charge is 0.0791 e. The van der Waals surface area contributed by atoms with Gasteiger partial charge in [-0.25, -0.2) is 0 Å². The van der Waals surface area contributed by atoms with Gasteiger partial charge in [0.15, 0.2) is 0 Å². The fourth-order valence-corrected chi connectivity index (χ4v) is 0.936. The average molecular weight is 289 g/mol. The van der Waals surface area contributed by atoms with Crippen molar-refractivity contribution in [2.24, 2.45) is 0 Å². The number of quaternary nitrogens is 1. The van der Waals surface area contributed by atoms with Gasteiger partial charge in [0, 0.05) is 11.2 Å². The van der Waals surface area contributed by atoms with Crippen LogP contribution in [-0.2, 0) is 0 Å². The normalized spacial score (nSPS) is 13.9. The zero-order chi connectivity index (χ0) is 8.20. The van der Waals surface area contributed by atoms with E-state index < -0.39 is 0 Å². The van der Waals surface area contributed by atoms with Crippen molar-refractivity contribution in [2.45, 2.75) is 24.6 Å². The Balaban J connectivity index is 0. The lowest BCUT2D eigenvalue weighted by Crippen LogP contribution is -3.00. The first-order chi connectivity index (χ1) is 4.45. The molecular formula is C8H19Br2N. The van der Waals surface area contributed by atoms with Crippen LogP contribution in [0.1, 0.15) is 19.8 Å². The molecule has 0 amide bonds. The highest BCUT2D eigenvalue weighted by Crippen LogP contribution is 2.10. The SMILES string of the molecule is CCC(Br)CC[N+](C)(C)C.[Br-]. The van der Waals surface area contributed by atoms with Crippen molar-refractivity contribution < 1.29 is 21.5 Å². The van der Waals surface area contributed by atoms with Crippen LogP contribution in [0.5, 0.6) is 0 Å². The van der Waals surface area contributed by atoms with Gasteiger partial charge in [0.2, 0.25) is 0 Å². The Bertz CT molecular complexity index is 88.6. The van der Waals surface area contributed by atoms with Crippen LogP contribution >= 0.6 is 15.9 Å². The van der Waals surface area contributed by atoms with E-state index in [9.17, 15) is 0 Å². The van der Waals surface area contributed by atoms with E-state index in [4.69, 9.17) is 0 Å². The summed E-state index contributed by atoms with van der Waals surface area (Å²) in [6.45, 7) is 3.47. The van der Waals surface area contributed by atoms with E-state index >= 15 is 0 Å². The number of hydrogen-bond acceptors (Lipinski definition) is 0. The van der Waals surface area contributed by atoms with Crippen molar-refractivity contribution in [2.75, 3.05) is 27.7 Å². The molecule has 0 spiro atoms. The lowest BCUT2D eigenvalue weighted by atomic mass is 10.2. The van der Waals surface area contributed by atoms with Crippen LogP contribution in [-0.4, -0.2) is 37.0 Å². The maximum absolute atomic E-state index is 3.62. The molecule has 11 heavy (non-hydrogen) atoms. The van der Waals surface area contributed by atoms with Crippen LogP contribution in [0.25, 0.3) is 0 Å². The standard InChI is InChI=1S/C8H19BrN.BrH/c1-5-8(9)6-7-10(2,3)4;/h8H,5-7H2,1-4H3;1H/q+1;/p-1. The van der Waals surface area contributed by atoms with Gasteiger partial charge in [-0.15, -0.1) is 0 Å². The molecule has 0 saturated carbocycles. The Morgan fingerprint density at radius 2 is 1.73 bits per heavy atom. The van der Waals surface area contributed by atoms with Crippen LogP contribution in [0.3, 0.4) is 0 Å².